The minimum atomic E-state index is -0.665. The summed E-state index contributed by atoms with van der Waals surface area (Å²) in [5.41, 5.74) is 2.17. The summed E-state index contributed by atoms with van der Waals surface area (Å²) in [6.07, 6.45) is 1.44. The maximum Gasteiger partial charge on any atom is 0.355 e. The Morgan fingerprint density at radius 2 is 1.67 bits per heavy atom. The van der Waals surface area contributed by atoms with E-state index in [0.29, 0.717) is 11.1 Å². The van der Waals surface area contributed by atoms with Crippen molar-refractivity contribution in [2.24, 2.45) is 0 Å². The maximum atomic E-state index is 12.1. The number of nitrogens with one attached hydrogen (secondary N) is 1. The lowest BCUT2D eigenvalue weighted by molar-refractivity contribution is 0.0469. The Hall–Kier alpha value is -2.69. The SMILES string of the molecule is CC(=O)c1c[nH]c(C(=O)OCC(=O)c2ccc(C(C)(C)C)cc2)c1. The number of rotatable bonds is 5. The third kappa shape index (κ3) is 4.19. The average molecular weight is 327 g/mol. The van der Waals surface area contributed by atoms with Crippen LogP contribution in [0.1, 0.15) is 64.5 Å². The first-order valence-electron chi connectivity index (χ1n) is 7.68. The van der Waals surface area contributed by atoms with Gasteiger partial charge in [-0.3, -0.25) is 9.59 Å². The van der Waals surface area contributed by atoms with Crippen LogP contribution in [-0.4, -0.2) is 29.1 Å². The molecule has 0 aliphatic heterocycles. The normalized spacial score (nSPS) is 11.2. The zero-order chi connectivity index (χ0) is 17.9. The summed E-state index contributed by atoms with van der Waals surface area (Å²) in [5.74, 6) is -1.09. The highest BCUT2D eigenvalue weighted by Gasteiger charge is 2.16. The van der Waals surface area contributed by atoms with Gasteiger partial charge in [-0.15, -0.1) is 0 Å². The standard InChI is InChI=1S/C19H21NO4/c1-12(21)14-9-16(20-10-14)18(23)24-11-17(22)13-5-7-15(8-6-13)19(2,3)4/h5-10,20H,11H2,1-4H3. The van der Waals surface area contributed by atoms with Crippen molar-refractivity contribution in [2.45, 2.75) is 33.1 Å². The summed E-state index contributed by atoms with van der Waals surface area (Å²) in [7, 11) is 0. The van der Waals surface area contributed by atoms with Crippen molar-refractivity contribution in [1.82, 2.24) is 4.98 Å². The van der Waals surface area contributed by atoms with E-state index < -0.39 is 5.97 Å². The molecule has 0 spiro atoms. The van der Waals surface area contributed by atoms with Crippen LogP contribution in [0.5, 0.6) is 0 Å². The molecular formula is C19H21NO4. The second kappa shape index (κ2) is 6.83. The highest BCUT2D eigenvalue weighted by atomic mass is 16.5. The number of carbonyl (C=O) groups excluding carboxylic acids is 3. The Balaban J connectivity index is 1.97. The summed E-state index contributed by atoms with van der Waals surface area (Å²) in [5, 5.41) is 0. The van der Waals surface area contributed by atoms with Crippen LogP contribution < -0.4 is 0 Å². The van der Waals surface area contributed by atoms with Crippen LogP contribution >= 0.6 is 0 Å². The number of hydrogen-bond acceptors (Lipinski definition) is 4. The quantitative estimate of drug-likeness (QED) is 0.673. The molecule has 5 heteroatoms. The van der Waals surface area contributed by atoms with Gasteiger partial charge in [-0.2, -0.15) is 0 Å². The minimum Gasteiger partial charge on any atom is -0.453 e. The molecule has 0 fully saturated rings. The number of aromatic nitrogens is 1. The monoisotopic (exact) mass is 327 g/mol. The number of ether oxygens (including phenoxy) is 1. The lowest BCUT2D eigenvalue weighted by atomic mass is 9.86. The molecule has 1 aromatic carbocycles. The van der Waals surface area contributed by atoms with E-state index in [1.54, 1.807) is 12.1 Å². The molecule has 0 radical (unpaired) electrons. The number of ketones is 2. The second-order valence-corrected chi connectivity index (χ2v) is 6.68. The van der Waals surface area contributed by atoms with Gasteiger partial charge in [0.05, 0.1) is 0 Å². The van der Waals surface area contributed by atoms with Gasteiger partial charge in [0.1, 0.15) is 5.69 Å². The predicted molar refractivity (Wildman–Crippen MR) is 90.6 cm³/mol. The van der Waals surface area contributed by atoms with E-state index in [1.807, 2.05) is 12.1 Å². The fourth-order valence-corrected chi connectivity index (χ4v) is 2.16. The van der Waals surface area contributed by atoms with E-state index >= 15 is 0 Å². The van der Waals surface area contributed by atoms with Crippen LogP contribution in [0, 0.1) is 0 Å². The van der Waals surface area contributed by atoms with Gasteiger partial charge in [0, 0.05) is 17.3 Å². The number of carbonyl (C=O) groups is 3. The van der Waals surface area contributed by atoms with Gasteiger partial charge in [-0.25, -0.2) is 4.79 Å². The molecule has 5 nitrogen and oxygen atoms in total. The topological polar surface area (TPSA) is 76.2 Å². The van der Waals surface area contributed by atoms with Crippen molar-refractivity contribution in [3.63, 3.8) is 0 Å². The maximum absolute atomic E-state index is 12.1. The van der Waals surface area contributed by atoms with Crippen molar-refractivity contribution >= 4 is 17.5 Å². The highest BCUT2D eigenvalue weighted by molar-refractivity contribution is 6.00. The third-order valence-corrected chi connectivity index (χ3v) is 3.72. The lowest BCUT2D eigenvalue weighted by Gasteiger charge is -2.18. The third-order valence-electron chi connectivity index (χ3n) is 3.72. The van der Waals surface area contributed by atoms with Gasteiger partial charge in [-0.05, 0) is 24.0 Å². The fraction of sp³-hybridized carbons (Fsp3) is 0.316. The first-order valence-corrected chi connectivity index (χ1v) is 7.68. The number of esters is 1. The molecular weight excluding hydrogens is 306 g/mol. The zero-order valence-corrected chi connectivity index (χ0v) is 14.3. The number of H-pyrrole nitrogens is 1. The summed E-state index contributed by atoms with van der Waals surface area (Å²) in [6, 6.07) is 8.68. The van der Waals surface area contributed by atoms with Crippen LogP contribution in [0.15, 0.2) is 36.5 Å². The van der Waals surface area contributed by atoms with Crippen molar-refractivity contribution in [1.29, 1.82) is 0 Å². The van der Waals surface area contributed by atoms with Crippen molar-refractivity contribution in [3.8, 4) is 0 Å². The predicted octanol–water partition coefficient (Wildman–Crippen LogP) is 3.55. The van der Waals surface area contributed by atoms with Gasteiger partial charge in [0.2, 0.25) is 0 Å². The van der Waals surface area contributed by atoms with Crippen LogP contribution in [0.2, 0.25) is 0 Å². The molecule has 0 amide bonds. The van der Waals surface area contributed by atoms with Gasteiger partial charge >= 0.3 is 5.97 Å². The number of Topliss-reactive ketones (excluding diaryl/α,β-unsaturated/α-hetero) is 2. The molecule has 0 saturated carbocycles. The number of benzene rings is 1. The smallest absolute Gasteiger partial charge is 0.355 e. The first-order chi connectivity index (χ1) is 11.2. The Morgan fingerprint density at radius 3 is 2.17 bits per heavy atom. The number of hydrogen-bond donors (Lipinski definition) is 1. The lowest BCUT2D eigenvalue weighted by Crippen LogP contribution is -2.15. The molecule has 0 aliphatic carbocycles. The van der Waals surface area contributed by atoms with E-state index in [1.165, 1.54) is 19.2 Å². The van der Waals surface area contributed by atoms with Gasteiger partial charge in [0.15, 0.2) is 18.2 Å². The highest BCUT2D eigenvalue weighted by Crippen LogP contribution is 2.22. The Kier molecular flexibility index (Phi) is 5.02. The van der Waals surface area contributed by atoms with Gasteiger partial charge < -0.3 is 9.72 Å². The number of aromatic amines is 1. The van der Waals surface area contributed by atoms with E-state index in [-0.39, 0.29) is 29.3 Å². The Labute approximate surface area is 141 Å². The van der Waals surface area contributed by atoms with Gasteiger partial charge in [0.25, 0.3) is 0 Å². The second-order valence-electron chi connectivity index (χ2n) is 6.68. The molecule has 24 heavy (non-hydrogen) atoms. The molecule has 0 saturated heterocycles. The molecule has 0 atom stereocenters. The largest absolute Gasteiger partial charge is 0.453 e. The molecule has 2 rings (SSSR count). The van der Waals surface area contributed by atoms with Crippen LogP contribution in [-0.2, 0) is 10.2 Å². The molecule has 0 aliphatic rings. The molecule has 1 aromatic heterocycles. The summed E-state index contributed by atoms with van der Waals surface area (Å²) >= 11 is 0. The fourth-order valence-electron chi connectivity index (χ4n) is 2.16. The molecule has 1 N–H and O–H groups in total. The minimum absolute atomic E-state index is 0.0100. The van der Waals surface area contributed by atoms with E-state index in [0.717, 1.165) is 5.56 Å². The van der Waals surface area contributed by atoms with E-state index in [9.17, 15) is 14.4 Å². The Morgan fingerprint density at radius 1 is 1.04 bits per heavy atom. The Bertz CT molecular complexity index is 763. The summed E-state index contributed by atoms with van der Waals surface area (Å²) in [6.45, 7) is 7.34. The molecule has 2 aromatic rings. The molecule has 0 bridgehead atoms. The molecule has 1 heterocycles. The first kappa shape index (κ1) is 17.7. The summed E-state index contributed by atoms with van der Waals surface area (Å²) in [4.78, 5) is 37.9. The molecule has 126 valence electrons. The van der Waals surface area contributed by atoms with E-state index in [4.69, 9.17) is 4.74 Å². The summed E-state index contributed by atoms with van der Waals surface area (Å²) < 4.78 is 5.00. The van der Waals surface area contributed by atoms with Crippen LogP contribution in [0.25, 0.3) is 0 Å². The van der Waals surface area contributed by atoms with Gasteiger partial charge in [-0.1, -0.05) is 45.0 Å². The van der Waals surface area contributed by atoms with Crippen LogP contribution in [0.4, 0.5) is 0 Å². The molecule has 0 unspecified atom stereocenters. The average Bonchev–Trinajstić information content (AvgIpc) is 3.02. The zero-order valence-electron chi connectivity index (χ0n) is 14.3. The van der Waals surface area contributed by atoms with Crippen molar-refractivity contribution < 1.29 is 19.1 Å². The van der Waals surface area contributed by atoms with Crippen molar-refractivity contribution in [3.05, 3.63) is 58.9 Å². The van der Waals surface area contributed by atoms with Crippen molar-refractivity contribution in [2.75, 3.05) is 6.61 Å². The van der Waals surface area contributed by atoms with Crippen LogP contribution in [0.3, 0.4) is 0 Å². The van der Waals surface area contributed by atoms with E-state index in [2.05, 4.69) is 25.8 Å².